The molecule has 1 saturated heterocycles. The Balaban J connectivity index is 2.12. The number of ether oxygens (including phenoxy) is 1. The lowest BCUT2D eigenvalue weighted by molar-refractivity contribution is -0.149. The Hall–Kier alpha value is -1.98. The Kier molecular flexibility index (Phi) is 4.88. The minimum atomic E-state index is -0.764. The van der Waals surface area contributed by atoms with Gasteiger partial charge >= 0.3 is 5.97 Å². The molecule has 0 saturated carbocycles. The molecule has 0 aliphatic carbocycles. The highest BCUT2D eigenvalue weighted by atomic mass is 19.1. The number of benzene rings is 1. The fourth-order valence-electron chi connectivity index (χ4n) is 2.45. The number of hydrogen-bond acceptors (Lipinski definition) is 3. The molecule has 1 atom stereocenters. The summed E-state index contributed by atoms with van der Waals surface area (Å²) in [5.41, 5.74) is -0.306. The van der Waals surface area contributed by atoms with Crippen LogP contribution >= 0.6 is 0 Å². The zero-order chi connectivity index (χ0) is 15.4. The van der Waals surface area contributed by atoms with Gasteiger partial charge in [-0.05, 0) is 38.0 Å². The number of rotatable bonds is 3. The van der Waals surface area contributed by atoms with Gasteiger partial charge in [-0.1, -0.05) is 0 Å². The maximum atomic E-state index is 13.6. The van der Waals surface area contributed by atoms with E-state index >= 15 is 0 Å². The van der Waals surface area contributed by atoms with Crippen molar-refractivity contribution in [3.8, 4) is 0 Å². The standard InChI is InChI=1S/C15H17F2NO3/c1-2-21-15(20)10-4-3-7-18(9-10)14(19)12-8-11(16)5-6-13(12)17/h5-6,8,10H,2-4,7,9H2,1H3/t10-/m0/s1. The lowest BCUT2D eigenvalue weighted by Crippen LogP contribution is -2.43. The fraction of sp³-hybridized carbons (Fsp3) is 0.467. The summed E-state index contributed by atoms with van der Waals surface area (Å²) >= 11 is 0. The molecule has 0 radical (unpaired) electrons. The summed E-state index contributed by atoms with van der Waals surface area (Å²) in [5, 5.41) is 0. The summed E-state index contributed by atoms with van der Waals surface area (Å²) in [7, 11) is 0. The molecular formula is C15H17F2NO3. The van der Waals surface area contributed by atoms with Gasteiger partial charge < -0.3 is 9.64 Å². The minimum Gasteiger partial charge on any atom is -0.466 e. The lowest BCUT2D eigenvalue weighted by Gasteiger charge is -2.31. The van der Waals surface area contributed by atoms with Gasteiger partial charge in [-0.25, -0.2) is 8.78 Å². The first-order valence-corrected chi connectivity index (χ1v) is 6.94. The van der Waals surface area contributed by atoms with Gasteiger partial charge in [0, 0.05) is 13.1 Å². The average molecular weight is 297 g/mol. The Bertz CT molecular complexity index is 548. The first-order valence-electron chi connectivity index (χ1n) is 6.94. The molecule has 1 aliphatic heterocycles. The lowest BCUT2D eigenvalue weighted by atomic mass is 9.97. The number of halogens is 2. The van der Waals surface area contributed by atoms with Crippen LogP contribution < -0.4 is 0 Å². The zero-order valence-corrected chi connectivity index (χ0v) is 11.8. The highest BCUT2D eigenvalue weighted by Gasteiger charge is 2.30. The van der Waals surface area contributed by atoms with E-state index in [2.05, 4.69) is 0 Å². The quantitative estimate of drug-likeness (QED) is 0.805. The van der Waals surface area contributed by atoms with Crippen molar-refractivity contribution in [3.05, 3.63) is 35.4 Å². The van der Waals surface area contributed by atoms with E-state index in [-0.39, 0.29) is 24.7 Å². The van der Waals surface area contributed by atoms with Crippen LogP contribution in [0, 0.1) is 17.6 Å². The topological polar surface area (TPSA) is 46.6 Å². The van der Waals surface area contributed by atoms with Gasteiger partial charge in [0.05, 0.1) is 18.1 Å². The van der Waals surface area contributed by atoms with Crippen LogP contribution in [0.15, 0.2) is 18.2 Å². The molecule has 21 heavy (non-hydrogen) atoms. The number of carbonyl (C=O) groups excluding carboxylic acids is 2. The van der Waals surface area contributed by atoms with Crippen molar-refractivity contribution >= 4 is 11.9 Å². The second-order valence-electron chi connectivity index (χ2n) is 4.97. The Morgan fingerprint density at radius 2 is 2.14 bits per heavy atom. The van der Waals surface area contributed by atoms with Crippen molar-refractivity contribution in [1.29, 1.82) is 0 Å². The van der Waals surface area contributed by atoms with Crippen LogP contribution in [0.3, 0.4) is 0 Å². The Morgan fingerprint density at radius 3 is 2.86 bits per heavy atom. The smallest absolute Gasteiger partial charge is 0.310 e. The fourth-order valence-corrected chi connectivity index (χ4v) is 2.45. The van der Waals surface area contributed by atoms with Crippen LogP contribution in [-0.4, -0.2) is 36.5 Å². The van der Waals surface area contributed by atoms with Crippen molar-refractivity contribution in [2.24, 2.45) is 5.92 Å². The normalized spacial score (nSPS) is 18.4. The summed E-state index contributed by atoms with van der Waals surface area (Å²) < 4.78 is 31.8. The Morgan fingerprint density at radius 1 is 1.38 bits per heavy atom. The van der Waals surface area contributed by atoms with Crippen LogP contribution in [0.1, 0.15) is 30.1 Å². The van der Waals surface area contributed by atoms with Crippen LogP contribution in [0.25, 0.3) is 0 Å². The van der Waals surface area contributed by atoms with Gasteiger partial charge in [0.15, 0.2) is 0 Å². The second-order valence-corrected chi connectivity index (χ2v) is 4.97. The third kappa shape index (κ3) is 3.56. The van der Waals surface area contributed by atoms with Gasteiger partial charge in [0.2, 0.25) is 0 Å². The summed E-state index contributed by atoms with van der Waals surface area (Å²) in [6.45, 7) is 2.59. The van der Waals surface area contributed by atoms with E-state index < -0.39 is 23.5 Å². The molecule has 1 fully saturated rings. The molecule has 1 aromatic carbocycles. The highest BCUT2D eigenvalue weighted by molar-refractivity contribution is 5.94. The third-order valence-electron chi connectivity index (χ3n) is 3.49. The predicted octanol–water partition coefficient (Wildman–Crippen LogP) is 2.38. The van der Waals surface area contributed by atoms with E-state index in [1.165, 1.54) is 4.90 Å². The monoisotopic (exact) mass is 297 g/mol. The second kappa shape index (κ2) is 6.65. The van der Waals surface area contributed by atoms with Gasteiger partial charge in [-0.2, -0.15) is 0 Å². The van der Waals surface area contributed by atoms with Crippen LogP contribution in [0.2, 0.25) is 0 Å². The van der Waals surface area contributed by atoms with Crippen molar-refractivity contribution in [3.63, 3.8) is 0 Å². The molecule has 0 unspecified atom stereocenters. The number of amides is 1. The van der Waals surface area contributed by atoms with E-state index in [0.717, 1.165) is 18.2 Å². The molecule has 0 N–H and O–H groups in total. The molecule has 4 nitrogen and oxygen atoms in total. The molecule has 0 bridgehead atoms. The maximum absolute atomic E-state index is 13.6. The SMILES string of the molecule is CCOC(=O)[C@H]1CCCN(C(=O)c2cc(F)ccc2F)C1. The van der Waals surface area contributed by atoms with E-state index in [1.807, 2.05) is 0 Å². The molecule has 114 valence electrons. The molecule has 0 spiro atoms. The Labute approximate surface area is 121 Å². The predicted molar refractivity (Wildman–Crippen MR) is 71.6 cm³/mol. The van der Waals surface area contributed by atoms with Gasteiger partial charge in [0.1, 0.15) is 11.6 Å². The first kappa shape index (κ1) is 15.4. The van der Waals surface area contributed by atoms with Crippen LogP contribution in [-0.2, 0) is 9.53 Å². The van der Waals surface area contributed by atoms with E-state index in [0.29, 0.717) is 19.4 Å². The maximum Gasteiger partial charge on any atom is 0.310 e. The number of carbonyl (C=O) groups is 2. The van der Waals surface area contributed by atoms with Crippen molar-refractivity contribution in [2.75, 3.05) is 19.7 Å². The number of piperidine rings is 1. The van der Waals surface area contributed by atoms with E-state index in [9.17, 15) is 18.4 Å². The number of esters is 1. The molecule has 1 aromatic rings. The van der Waals surface area contributed by atoms with Gasteiger partial charge in [-0.15, -0.1) is 0 Å². The molecule has 1 amide bonds. The molecule has 2 rings (SSSR count). The van der Waals surface area contributed by atoms with E-state index in [4.69, 9.17) is 4.74 Å². The van der Waals surface area contributed by atoms with Gasteiger partial charge in [0.25, 0.3) is 5.91 Å². The molecular weight excluding hydrogens is 280 g/mol. The van der Waals surface area contributed by atoms with E-state index in [1.54, 1.807) is 6.92 Å². The highest BCUT2D eigenvalue weighted by Crippen LogP contribution is 2.21. The molecule has 6 heteroatoms. The van der Waals surface area contributed by atoms with Crippen LogP contribution in [0.4, 0.5) is 8.78 Å². The summed E-state index contributed by atoms with van der Waals surface area (Å²) in [6.07, 6.45) is 1.26. The molecule has 0 aromatic heterocycles. The largest absolute Gasteiger partial charge is 0.466 e. The molecule has 1 heterocycles. The molecule has 1 aliphatic rings. The summed E-state index contributed by atoms with van der Waals surface area (Å²) in [5.74, 6) is -2.78. The average Bonchev–Trinajstić information content (AvgIpc) is 2.49. The minimum absolute atomic E-state index is 0.174. The first-order chi connectivity index (χ1) is 10.0. The zero-order valence-electron chi connectivity index (χ0n) is 11.8. The van der Waals surface area contributed by atoms with Crippen molar-refractivity contribution in [1.82, 2.24) is 4.90 Å². The van der Waals surface area contributed by atoms with Crippen molar-refractivity contribution < 1.29 is 23.1 Å². The number of likely N-dealkylation sites (tertiary alicyclic amines) is 1. The number of nitrogens with zero attached hydrogens (tertiary/aromatic N) is 1. The third-order valence-corrected chi connectivity index (χ3v) is 3.49. The van der Waals surface area contributed by atoms with Gasteiger partial charge in [-0.3, -0.25) is 9.59 Å². The number of hydrogen-bond donors (Lipinski definition) is 0. The van der Waals surface area contributed by atoms with Crippen molar-refractivity contribution in [2.45, 2.75) is 19.8 Å². The van der Waals surface area contributed by atoms with Crippen LogP contribution in [0.5, 0.6) is 0 Å². The summed E-state index contributed by atoms with van der Waals surface area (Å²) in [4.78, 5) is 25.4. The summed E-state index contributed by atoms with van der Waals surface area (Å²) in [6, 6.07) is 2.77.